The fourth-order valence-corrected chi connectivity index (χ4v) is 3.80. The van der Waals surface area contributed by atoms with Gasteiger partial charge >= 0.3 is 0 Å². The summed E-state index contributed by atoms with van der Waals surface area (Å²) < 4.78 is 7.07. The minimum atomic E-state index is -0.159. The zero-order chi connectivity index (χ0) is 19.1. The Morgan fingerprint density at radius 1 is 1.26 bits per heavy atom. The number of amides is 1. The number of nitrogens with one attached hydrogen (secondary N) is 1. The Morgan fingerprint density at radius 2 is 2.00 bits per heavy atom. The second-order valence-electron chi connectivity index (χ2n) is 7.36. The first kappa shape index (κ1) is 19.6. The maximum absolute atomic E-state index is 12.6. The van der Waals surface area contributed by atoms with Crippen LogP contribution in [0.4, 0.5) is 0 Å². The molecular weight excluding hydrogens is 340 g/mol. The van der Waals surface area contributed by atoms with Crippen molar-refractivity contribution in [3.63, 3.8) is 0 Å². The number of likely N-dealkylation sites (tertiary alicyclic amines) is 1. The number of hydrogen-bond acceptors (Lipinski definition) is 4. The highest BCUT2D eigenvalue weighted by Crippen LogP contribution is 2.22. The minimum absolute atomic E-state index is 0.0970. The molecule has 1 atom stereocenters. The van der Waals surface area contributed by atoms with E-state index in [-0.39, 0.29) is 11.9 Å². The molecule has 3 rings (SSSR count). The van der Waals surface area contributed by atoms with E-state index in [1.54, 1.807) is 18.0 Å². The van der Waals surface area contributed by atoms with Gasteiger partial charge in [0.2, 0.25) is 5.91 Å². The van der Waals surface area contributed by atoms with E-state index in [4.69, 9.17) is 4.74 Å². The average Bonchev–Trinajstić information content (AvgIpc) is 3.10. The van der Waals surface area contributed by atoms with Gasteiger partial charge in [0, 0.05) is 33.3 Å². The molecule has 1 aromatic heterocycles. The van der Waals surface area contributed by atoms with E-state index in [0.717, 1.165) is 38.2 Å². The van der Waals surface area contributed by atoms with Crippen LogP contribution in [0.25, 0.3) is 0 Å². The molecule has 1 fully saturated rings. The van der Waals surface area contributed by atoms with Gasteiger partial charge in [-0.25, -0.2) is 0 Å². The van der Waals surface area contributed by atoms with E-state index in [0.29, 0.717) is 18.9 Å². The summed E-state index contributed by atoms with van der Waals surface area (Å²) in [7, 11) is 3.53. The molecule has 1 aromatic carbocycles. The van der Waals surface area contributed by atoms with Gasteiger partial charge in [-0.05, 0) is 43.5 Å². The van der Waals surface area contributed by atoms with Gasteiger partial charge in [-0.3, -0.25) is 14.4 Å². The maximum atomic E-state index is 12.6. The number of carbonyl (C=O) groups is 1. The monoisotopic (exact) mass is 370 g/mol. The Labute approximate surface area is 161 Å². The molecule has 146 valence electrons. The SMILES string of the molecule is COC[C@@H](NC(=O)CC1CCN(Cc2ccccc2)CC1)c1ccnn1C. The van der Waals surface area contributed by atoms with Gasteiger partial charge in [-0.2, -0.15) is 5.10 Å². The van der Waals surface area contributed by atoms with Gasteiger partial charge < -0.3 is 10.1 Å². The fraction of sp³-hybridized carbons (Fsp3) is 0.524. The standard InChI is InChI=1S/C21H30N4O2/c1-24-20(8-11-22-24)19(16-27-2)23-21(26)14-17-9-12-25(13-10-17)15-18-6-4-3-5-7-18/h3-8,11,17,19H,9-10,12-16H2,1-2H3,(H,23,26)/t19-/m1/s1. The van der Waals surface area contributed by atoms with Crippen LogP contribution in [0.3, 0.4) is 0 Å². The molecule has 0 radical (unpaired) electrons. The van der Waals surface area contributed by atoms with E-state index in [2.05, 4.69) is 45.6 Å². The van der Waals surface area contributed by atoms with Crippen molar-refractivity contribution < 1.29 is 9.53 Å². The van der Waals surface area contributed by atoms with Crippen molar-refractivity contribution in [1.29, 1.82) is 0 Å². The lowest BCUT2D eigenvalue weighted by molar-refractivity contribution is -0.123. The minimum Gasteiger partial charge on any atom is -0.382 e. The summed E-state index contributed by atoms with van der Waals surface area (Å²) >= 11 is 0. The Kier molecular flexibility index (Phi) is 7.01. The van der Waals surface area contributed by atoms with E-state index in [9.17, 15) is 4.79 Å². The molecule has 27 heavy (non-hydrogen) atoms. The summed E-state index contributed by atoms with van der Waals surface area (Å²) in [5.41, 5.74) is 2.31. The van der Waals surface area contributed by atoms with Crippen LogP contribution in [-0.4, -0.2) is 47.4 Å². The van der Waals surface area contributed by atoms with E-state index in [1.807, 2.05) is 13.1 Å². The van der Waals surface area contributed by atoms with E-state index in [1.165, 1.54) is 5.56 Å². The summed E-state index contributed by atoms with van der Waals surface area (Å²) in [6, 6.07) is 12.3. The van der Waals surface area contributed by atoms with Gasteiger partial charge in [0.05, 0.1) is 18.3 Å². The highest BCUT2D eigenvalue weighted by Gasteiger charge is 2.24. The second kappa shape index (κ2) is 9.67. The molecule has 6 nitrogen and oxygen atoms in total. The number of rotatable bonds is 8. The van der Waals surface area contributed by atoms with Crippen LogP contribution in [0.2, 0.25) is 0 Å². The topological polar surface area (TPSA) is 59.4 Å². The third kappa shape index (κ3) is 5.65. The van der Waals surface area contributed by atoms with Crippen molar-refractivity contribution >= 4 is 5.91 Å². The van der Waals surface area contributed by atoms with E-state index < -0.39 is 0 Å². The summed E-state index contributed by atoms with van der Waals surface area (Å²) in [5.74, 6) is 0.548. The third-order valence-electron chi connectivity index (χ3n) is 5.31. The highest BCUT2D eigenvalue weighted by molar-refractivity contribution is 5.76. The number of aromatic nitrogens is 2. The number of nitrogens with zero attached hydrogens (tertiary/aromatic N) is 3. The first-order valence-electron chi connectivity index (χ1n) is 9.68. The Morgan fingerprint density at radius 3 is 2.63 bits per heavy atom. The number of carbonyl (C=O) groups excluding carboxylic acids is 1. The second-order valence-corrected chi connectivity index (χ2v) is 7.36. The Hall–Kier alpha value is -2.18. The zero-order valence-electron chi connectivity index (χ0n) is 16.3. The van der Waals surface area contributed by atoms with Crippen LogP contribution in [0.5, 0.6) is 0 Å². The molecule has 1 saturated heterocycles. The highest BCUT2D eigenvalue weighted by atomic mass is 16.5. The van der Waals surface area contributed by atoms with Gasteiger partial charge in [0.25, 0.3) is 0 Å². The van der Waals surface area contributed by atoms with Gasteiger partial charge in [-0.1, -0.05) is 30.3 Å². The van der Waals surface area contributed by atoms with Crippen LogP contribution in [0.15, 0.2) is 42.6 Å². The van der Waals surface area contributed by atoms with E-state index >= 15 is 0 Å². The van der Waals surface area contributed by atoms with Gasteiger partial charge in [-0.15, -0.1) is 0 Å². The maximum Gasteiger partial charge on any atom is 0.220 e. The smallest absolute Gasteiger partial charge is 0.220 e. The number of benzene rings is 1. The van der Waals surface area contributed by atoms with Crippen molar-refractivity contribution in [2.75, 3.05) is 26.8 Å². The van der Waals surface area contributed by atoms with Gasteiger partial charge in [0.1, 0.15) is 0 Å². The molecule has 1 N–H and O–H groups in total. The molecule has 1 aliphatic rings. The molecule has 0 bridgehead atoms. The Balaban J connectivity index is 1.45. The zero-order valence-corrected chi connectivity index (χ0v) is 16.3. The van der Waals surface area contributed by atoms with Crippen LogP contribution >= 0.6 is 0 Å². The molecule has 0 aliphatic carbocycles. The number of methoxy groups -OCH3 is 1. The molecule has 1 amide bonds. The average molecular weight is 370 g/mol. The molecule has 6 heteroatoms. The summed E-state index contributed by atoms with van der Waals surface area (Å²) in [5, 5.41) is 7.31. The lowest BCUT2D eigenvalue weighted by Crippen LogP contribution is -2.37. The van der Waals surface area contributed by atoms with Crippen molar-refractivity contribution in [3.8, 4) is 0 Å². The number of aryl methyl sites for hydroxylation is 1. The lowest BCUT2D eigenvalue weighted by Gasteiger charge is -2.32. The molecule has 2 heterocycles. The van der Waals surface area contributed by atoms with Crippen molar-refractivity contribution in [2.45, 2.75) is 31.8 Å². The largest absolute Gasteiger partial charge is 0.382 e. The molecule has 0 saturated carbocycles. The summed E-state index contributed by atoms with van der Waals surface area (Å²) in [4.78, 5) is 15.0. The molecule has 0 spiro atoms. The van der Waals surface area contributed by atoms with Crippen molar-refractivity contribution in [3.05, 3.63) is 53.9 Å². The quantitative estimate of drug-likeness (QED) is 0.776. The molecule has 0 unspecified atom stereocenters. The van der Waals surface area contributed by atoms with Crippen molar-refractivity contribution in [2.24, 2.45) is 13.0 Å². The molecule has 1 aliphatic heterocycles. The van der Waals surface area contributed by atoms with Crippen LogP contribution in [0.1, 0.15) is 36.6 Å². The predicted octanol–water partition coefficient (Wildman–Crippen LogP) is 2.53. The number of piperidine rings is 1. The van der Waals surface area contributed by atoms with Gasteiger partial charge in [0.15, 0.2) is 0 Å². The summed E-state index contributed by atoms with van der Waals surface area (Å²) in [6.07, 6.45) is 4.46. The first-order chi connectivity index (χ1) is 13.2. The molecule has 2 aromatic rings. The third-order valence-corrected chi connectivity index (χ3v) is 5.31. The first-order valence-corrected chi connectivity index (χ1v) is 9.68. The van der Waals surface area contributed by atoms with Crippen LogP contribution < -0.4 is 5.32 Å². The van der Waals surface area contributed by atoms with Crippen molar-refractivity contribution in [1.82, 2.24) is 20.0 Å². The molecular formula is C21H30N4O2. The lowest BCUT2D eigenvalue weighted by atomic mass is 9.92. The Bertz CT molecular complexity index is 708. The fourth-order valence-electron chi connectivity index (χ4n) is 3.80. The predicted molar refractivity (Wildman–Crippen MR) is 105 cm³/mol. The van der Waals surface area contributed by atoms with Crippen LogP contribution in [-0.2, 0) is 23.1 Å². The van der Waals surface area contributed by atoms with Crippen LogP contribution in [0, 0.1) is 5.92 Å². The number of hydrogen-bond donors (Lipinski definition) is 1. The normalized spacial score (nSPS) is 17.0. The number of ether oxygens (including phenoxy) is 1. The summed E-state index contributed by atoms with van der Waals surface area (Å²) in [6.45, 7) is 3.54.